The van der Waals surface area contributed by atoms with Crippen molar-refractivity contribution in [2.75, 3.05) is 14.2 Å². The molecule has 0 amide bonds. The molecular formula is C24H32O5. The van der Waals surface area contributed by atoms with Crippen molar-refractivity contribution < 1.29 is 23.8 Å². The fourth-order valence-electron chi connectivity index (χ4n) is 2.64. The van der Waals surface area contributed by atoms with E-state index >= 15 is 0 Å². The molecule has 0 saturated carbocycles. The molecule has 0 spiro atoms. The van der Waals surface area contributed by atoms with E-state index in [0.717, 1.165) is 31.3 Å². The molecule has 0 bridgehead atoms. The normalized spacial score (nSPS) is 11.7. The Labute approximate surface area is 174 Å². The zero-order valence-corrected chi connectivity index (χ0v) is 18.3. The molecule has 158 valence electrons. The molecule has 0 unspecified atom stereocenters. The third-order valence-electron chi connectivity index (χ3n) is 4.28. The Balaban J connectivity index is 2.63. The van der Waals surface area contributed by atoms with Crippen LogP contribution >= 0.6 is 0 Å². The van der Waals surface area contributed by atoms with Crippen molar-refractivity contribution in [3.05, 3.63) is 58.7 Å². The van der Waals surface area contributed by atoms with Gasteiger partial charge in [0.25, 0.3) is 0 Å². The lowest BCUT2D eigenvalue weighted by molar-refractivity contribution is -0.129. The van der Waals surface area contributed by atoms with Gasteiger partial charge in [-0.05, 0) is 71.6 Å². The quantitative estimate of drug-likeness (QED) is 0.215. The van der Waals surface area contributed by atoms with Gasteiger partial charge in [0, 0.05) is 6.08 Å². The van der Waals surface area contributed by atoms with Crippen LogP contribution in [0.25, 0.3) is 0 Å². The second-order valence-corrected chi connectivity index (χ2v) is 7.18. The number of esters is 2. The molecule has 0 N–H and O–H groups in total. The number of benzene rings is 1. The summed E-state index contributed by atoms with van der Waals surface area (Å²) < 4.78 is 15.2. The summed E-state index contributed by atoms with van der Waals surface area (Å²) in [5.74, 6) is -0.413. The van der Waals surface area contributed by atoms with Crippen LogP contribution in [0.4, 0.5) is 0 Å². The Kier molecular flexibility index (Phi) is 10.5. The average Bonchev–Trinajstić information content (AvgIpc) is 2.67. The third kappa shape index (κ3) is 9.28. The van der Waals surface area contributed by atoms with Crippen molar-refractivity contribution in [2.45, 2.75) is 53.4 Å². The van der Waals surface area contributed by atoms with Crippen molar-refractivity contribution in [1.82, 2.24) is 0 Å². The predicted molar refractivity (Wildman–Crippen MR) is 115 cm³/mol. The SMILES string of the molecule is COC(=O)c1ccc(OC(=O)/C=C(\C)CC/C=C(\C)CCC=C(C)C)c(OC)c1. The van der Waals surface area contributed by atoms with Crippen LogP contribution in [-0.4, -0.2) is 26.2 Å². The molecule has 1 aromatic rings. The van der Waals surface area contributed by atoms with E-state index in [1.165, 1.54) is 49.6 Å². The van der Waals surface area contributed by atoms with E-state index in [9.17, 15) is 9.59 Å². The van der Waals surface area contributed by atoms with E-state index < -0.39 is 11.9 Å². The van der Waals surface area contributed by atoms with Gasteiger partial charge in [0.1, 0.15) is 0 Å². The van der Waals surface area contributed by atoms with E-state index in [1.54, 1.807) is 0 Å². The number of hydrogen-bond acceptors (Lipinski definition) is 5. The second kappa shape index (κ2) is 12.6. The molecule has 5 nitrogen and oxygen atoms in total. The maximum Gasteiger partial charge on any atom is 0.337 e. The maximum atomic E-state index is 12.2. The highest BCUT2D eigenvalue weighted by atomic mass is 16.6. The molecule has 1 aromatic carbocycles. The second-order valence-electron chi connectivity index (χ2n) is 7.18. The number of rotatable bonds is 10. The van der Waals surface area contributed by atoms with Crippen LogP contribution in [0.1, 0.15) is 63.7 Å². The molecule has 0 aliphatic rings. The monoisotopic (exact) mass is 400 g/mol. The van der Waals surface area contributed by atoms with Gasteiger partial charge < -0.3 is 14.2 Å². The van der Waals surface area contributed by atoms with Crippen LogP contribution in [0.5, 0.6) is 11.5 Å². The van der Waals surface area contributed by atoms with Crippen LogP contribution in [0.15, 0.2) is 53.1 Å². The summed E-state index contributed by atoms with van der Waals surface area (Å²) in [6.07, 6.45) is 9.72. The zero-order valence-electron chi connectivity index (χ0n) is 18.3. The van der Waals surface area contributed by atoms with Crippen molar-refractivity contribution in [1.29, 1.82) is 0 Å². The van der Waals surface area contributed by atoms with Gasteiger partial charge in [0.05, 0.1) is 19.8 Å². The molecule has 0 heterocycles. The molecule has 0 saturated heterocycles. The van der Waals surface area contributed by atoms with Gasteiger partial charge in [-0.1, -0.05) is 28.9 Å². The summed E-state index contributed by atoms with van der Waals surface area (Å²) in [5.41, 5.74) is 3.95. The van der Waals surface area contributed by atoms with Gasteiger partial charge in [-0.3, -0.25) is 0 Å². The first-order valence-electron chi connectivity index (χ1n) is 9.71. The molecule has 29 heavy (non-hydrogen) atoms. The minimum Gasteiger partial charge on any atom is -0.493 e. The van der Waals surface area contributed by atoms with E-state index in [-0.39, 0.29) is 5.75 Å². The van der Waals surface area contributed by atoms with Crippen LogP contribution in [0.2, 0.25) is 0 Å². The lowest BCUT2D eigenvalue weighted by Gasteiger charge is -2.09. The predicted octanol–water partition coefficient (Wildman–Crippen LogP) is 5.81. The average molecular weight is 401 g/mol. The summed E-state index contributed by atoms with van der Waals surface area (Å²) in [4.78, 5) is 23.8. The Hall–Kier alpha value is -2.82. The van der Waals surface area contributed by atoms with Crippen molar-refractivity contribution in [3.8, 4) is 11.5 Å². The lowest BCUT2D eigenvalue weighted by atomic mass is 10.1. The van der Waals surface area contributed by atoms with E-state index in [4.69, 9.17) is 9.47 Å². The highest BCUT2D eigenvalue weighted by molar-refractivity contribution is 5.90. The molecule has 0 aromatic heterocycles. The van der Waals surface area contributed by atoms with Gasteiger partial charge >= 0.3 is 11.9 Å². The van der Waals surface area contributed by atoms with Crippen molar-refractivity contribution >= 4 is 11.9 Å². The van der Waals surface area contributed by atoms with Crippen LogP contribution in [0, 0.1) is 0 Å². The number of allylic oxidation sites excluding steroid dienone is 5. The smallest absolute Gasteiger partial charge is 0.337 e. The highest BCUT2D eigenvalue weighted by Gasteiger charge is 2.13. The molecule has 0 radical (unpaired) electrons. The van der Waals surface area contributed by atoms with Crippen molar-refractivity contribution in [2.24, 2.45) is 0 Å². The number of carbonyl (C=O) groups is 2. The first-order valence-corrected chi connectivity index (χ1v) is 9.71. The molecule has 1 rings (SSSR count). The standard InChI is InChI=1S/C24H32O5/c1-17(2)9-7-10-18(3)11-8-12-19(4)15-23(25)29-21-14-13-20(24(26)28-6)16-22(21)27-5/h9,11,13-16H,7-8,10,12H2,1-6H3/b18-11+,19-15+. The summed E-state index contributed by atoms with van der Waals surface area (Å²) >= 11 is 0. The molecule has 0 aliphatic heterocycles. The highest BCUT2D eigenvalue weighted by Crippen LogP contribution is 2.28. The Morgan fingerprint density at radius 2 is 1.55 bits per heavy atom. The zero-order chi connectivity index (χ0) is 21.8. The topological polar surface area (TPSA) is 61.8 Å². The minimum atomic E-state index is -0.485. The minimum absolute atomic E-state index is 0.254. The number of methoxy groups -OCH3 is 2. The fourth-order valence-corrected chi connectivity index (χ4v) is 2.64. The molecule has 5 heteroatoms. The first-order chi connectivity index (χ1) is 13.8. The molecule has 0 fully saturated rings. The number of ether oxygens (including phenoxy) is 3. The van der Waals surface area contributed by atoms with Gasteiger partial charge in [-0.2, -0.15) is 0 Å². The Morgan fingerprint density at radius 3 is 2.17 bits per heavy atom. The number of hydrogen-bond donors (Lipinski definition) is 0. The van der Waals surface area contributed by atoms with Gasteiger partial charge in [-0.25, -0.2) is 9.59 Å². The number of carbonyl (C=O) groups excluding carboxylic acids is 2. The summed E-state index contributed by atoms with van der Waals surface area (Å²) in [5, 5.41) is 0. The van der Waals surface area contributed by atoms with Crippen LogP contribution < -0.4 is 9.47 Å². The Bertz CT molecular complexity index is 795. The van der Waals surface area contributed by atoms with Crippen molar-refractivity contribution in [3.63, 3.8) is 0 Å². The third-order valence-corrected chi connectivity index (χ3v) is 4.28. The van der Waals surface area contributed by atoms with Gasteiger partial charge in [-0.15, -0.1) is 0 Å². The summed E-state index contributed by atoms with van der Waals surface area (Å²) in [6, 6.07) is 4.52. The van der Waals surface area contributed by atoms with Gasteiger partial charge in [0.15, 0.2) is 11.5 Å². The fraction of sp³-hybridized carbons (Fsp3) is 0.417. The molecule has 0 aliphatic carbocycles. The summed E-state index contributed by atoms with van der Waals surface area (Å²) in [7, 11) is 2.75. The Morgan fingerprint density at radius 1 is 0.897 bits per heavy atom. The van der Waals surface area contributed by atoms with E-state index in [0.29, 0.717) is 11.3 Å². The largest absolute Gasteiger partial charge is 0.493 e. The van der Waals surface area contributed by atoms with Gasteiger partial charge in [0.2, 0.25) is 0 Å². The van der Waals surface area contributed by atoms with Crippen LogP contribution in [-0.2, 0) is 9.53 Å². The van der Waals surface area contributed by atoms with E-state index in [1.807, 2.05) is 6.92 Å². The van der Waals surface area contributed by atoms with E-state index in [2.05, 4.69) is 37.7 Å². The lowest BCUT2D eigenvalue weighted by Crippen LogP contribution is -2.07. The van der Waals surface area contributed by atoms with Crippen LogP contribution in [0.3, 0.4) is 0 Å². The first kappa shape index (κ1) is 24.2. The molecule has 0 atom stereocenters. The summed E-state index contributed by atoms with van der Waals surface area (Å²) in [6.45, 7) is 8.26. The maximum absolute atomic E-state index is 12.2. The molecular weight excluding hydrogens is 368 g/mol.